The Hall–Kier alpha value is -5.62. The molecule has 4 N–H and O–H groups in total. The number of ketones is 2. The highest BCUT2D eigenvalue weighted by molar-refractivity contribution is 7.92. The molecule has 1 heterocycles. The number of carbonyl (C=O) groups is 3. The zero-order chi connectivity index (χ0) is 33.0. The number of methoxy groups -OCH3 is 1. The molecule has 234 valence electrons. The van der Waals surface area contributed by atoms with Gasteiger partial charge in [0, 0.05) is 24.1 Å². The van der Waals surface area contributed by atoms with Crippen molar-refractivity contribution in [2.45, 2.75) is 30.7 Å². The number of benzene rings is 4. The van der Waals surface area contributed by atoms with Gasteiger partial charge in [-0.05, 0) is 43.0 Å². The first-order valence-electron chi connectivity index (χ1n) is 14.1. The number of nitrogens with one attached hydrogen (secondary N) is 2. The molecule has 0 spiro atoms. The molecule has 11 nitrogen and oxygen atoms in total. The molecule has 0 aromatic heterocycles. The third-order valence-corrected chi connectivity index (χ3v) is 9.57. The molecule has 1 amide bonds. The summed E-state index contributed by atoms with van der Waals surface area (Å²) in [5.41, 5.74) is -1.25. The number of phenolic OH excluding ortho intramolecular Hbond substituents is 1. The molecule has 0 fully saturated rings. The van der Waals surface area contributed by atoms with E-state index in [0.717, 1.165) is 13.0 Å². The smallest absolute Gasteiger partial charge is 0.261 e. The van der Waals surface area contributed by atoms with Gasteiger partial charge < -0.3 is 25.0 Å². The quantitative estimate of drug-likeness (QED) is 0.198. The minimum Gasteiger partial charge on any atom is -0.507 e. The van der Waals surface area contributed by atoms with Crippen LogP contribution in [0.4, 0.5) is 5.69 Å². The van der Waals surface area contributed by atoms with Crippen LogP contribution in [0.25, 0.3) is 10.8 Å². The van der Waals surface area contributed by atoms with Crippen LogP contribution in [0.1, 0.15) is 35.3 Å². The minimum atomic E-state index is -3.86. The number of ether oxygens (including phenoxy) is 2. The maximum absolute atomic E-state index is 13.8. The molecular weight excluding hydrogens is 612 g/mol. The zero-order valence-electron chi connectivity index (χ0n) is 24.9. The van der Waals surface area contributed by atoms with Crippen molar-refractivity contribution < 1.29 is 42.5 Å². The van der Waals surface area contributed by atoms with Gasteiger partial charge in [-0.15, -0.1) is 0 Å². The lowest BCUT2D eigenvalue weighted by Crippen LogP contribution is -2.38. The van der Waals surface area contributed by atoms with Crippen LogP contribution in [0.15, 0.2) is 101 Å². The summed E-state index contributed by atoms with van der Waals surface area (Å²) in [4.78, 5) is 39.6. The summed E-state index contributed by atoms with van der Waals surface area (Å²) < 4.78 is 40.0. The zero-order valence-corrected chi connectivity index (χ0v) is 25.7. The number of allylic oxidation sites excluding steroid dienone is 3. The summed E-state index contributed by atoms with van der Waals surface area (Å²) in [6.07, 6.45) is 1.13. The van der Waals surface area contributed by atoms with E-state index in [1.54, 1.807) is 54.6 Å². The fourth-order valence-corrected chi connectivity index (χ4v) is 6.99. The number of carbonyl (C=O) groups excluding carboxylic acids is 3. The first-order valence-corrected chi connectivity index (χ1v) is 15.6. The largest absolute Gasteiger partial charge is 0.507 e. The molecule has 4 aromatic rings. The van der Waals surface area contributed by atoms with E-state index in [-0.39, 0.29) is 39.8 Å². The van der Waals surface area contributed by atoms with E-state index < -0.39 is 50.0 Å². The van der Waals surface area contributed by atoms with Gasteiger partial charge in [-0.25, -0.2) is 8.42 Å². The van der Waals surface area contributed by atoms with Gasteiger partial charge in [-0.3, -0.25) is 19.1 Å². The second-order valence-corrected chi connectivity index (χ2v) is 12.7. The van der Waals surface area contributed by atoms with Crippen molar-refractivity contribution in [2.75, 3.05) is 11.8 Å². The van der Waals surface area contributed by atoms with E-state index in [2.05, 4.69) is 10.0 Å². The number of amides is 1. The SMILES string of the molecule is COc1cc(O)c2c(c1C(=O)NCc1ccc(NS(=O)(=O)c3ccccc3)c3ccccc13)OC1=CC(O)=C(C(C)=O)C(=O)[C@]12C. The molecule has 46 heavy (non-hydrogen) atoms. The summed E-state index contributed by atoms with van der Waals surface area (Å²) in [6.45, 7) is 2.58. The Morgan fingerprint density at radius 1 is 0.978 bits per heavy atom. The molecule has 0 unspecified atom stereocenters. The fourth-order valence-electron chi connectivity index (χ4n) is 5.89. The maximum atomic E-state index is 13.8. The predicted octanol–water partition coefficient (Wildman–Crippen LogP) is 4.80. The predicted molar refractivity (Wildman–Crippen MR) is 168 cm³/mol. The Kier molecular flexibility index (Phi) is 7.32. The minimum absolute atomic E-state index is 0.000408. The number of phenols is 1. The van der Waals surface area contributed by atoms with Crippen molar-refractivity contribution in [3.05, 3.63) is 113 Å². The molecule has 12 heteroatoms. The van der Waals surface area contributed by atoms with Gasteiger partial charge in [0.15, 0.2) is 17.3 Å². The van der Waals surface area contributed by atoms with E-state index in [4.69, 9.17) is 9.47 Å². The molecule has 0 radical (unpaired) electrons. The summed E-state index contributed by atoms with van der Waals surface area (Å²) in [7, 11) is -2.56. The van der Waals surface area contributed by atoms with Crippen molar-refractivity contribution >= 4 is 44.0 Å². The monoisotopic (exact) mass is 640 g/mol. The van der Waals surface area contributed by atoms with Crippen molar-refractivity contribution in [1.29, 1.82) is 0 Å². The number of sulfonamides is 1. The molecule has 6 rings (SSSR count). The number of hydrogen-bond donors (Lipinski definition) is 4. The third-order valence-electron chi connectivity index (χ3n) is 8.19. The standard InChI is InChI=1S/C34H28N2O9S/c1-18(37)28-24(38)16-27-34(2,32(28)40)30-25(39)15-26(44-3)29(31(30)45-27)33(41)35-17-19-13-14-23(22-12-8-7-11-21(19)22)36-46(42,43)20-9-5-4-6-10-20/h4-16,36,38-39H,17H2,1-3H3,(H,35,41)/t34-/m1/s1. The van der Waals surface area contributed by atoms with Gasteiger partial charge in [0.05, 0.1) is 23.3 Å². The fraction of sp³-hybridized carbons (Fsp3) is 0.147. The molecule has 1 aliphatic heterocycles. The lowest BCUT2D eigenvalue weighted by molar-refractivity contribution is -0.123. The molecule has 1 aliphatic carbocycles. The summed E-state index contributed by atoms with van der Waals surface area (Å²) in [5.74, 6) is -3.33. The van der Waals surface area contributed by atoms with Crippen molar-refractivity contribution in [2.24, 2.45) is 0 Å². The topological polar surface area (TPSA) is 168 Å². The molecule has 4 aromatic carbocycles. The lowest BCUT2D eigenvalue weighted by atomic mass is 9.71. The molecule has 0 bridgehead atoms. The summed E-state index contributed by atoms with van der Waals surface area (Å²) >= 11 is 0. The van der Waals surface area contributed by atoms with Gasteiger partial charge in [0.25, 0.3) is 15.9 Å². The lowest BCUT2D eigenvalue weighted by Gasteiger charge is -2.27. The maximum Gasteiger partial charge on any atom is 0.261 e. The van der Waals surface area contributed by atoms with Crippen LogP contribution in [0.3, 0.4) is 0 Å². The van der Waals surface area contributed by atoms with Crippen LogP contribution in [0.5, 0.6) is 17.2 Å². The average molecular weight is 641 g/mol. The van der Waals surface area contributed by atoms with Crippen LogP contribution in [0, 0.1) is 0 Å². The van der Waals surface area contributed by atoms with Crippen LogP contribution < -0.4 is 19.5 Å². The van der Waals surface area contributed by atoms with Crippen LogP contribution in [-0.2, 0) is 31.6 Å². The summed E-state index contributed by atoms with van der Waals surface area (Å²) in [6, 6.07) is 19.6. The molecule has 1 atom stereocenters. The highest BCUT2D eigenvalue weighted by Crippen LogP contribution is 2.56. The van der Waals surface area contributed by atoms with Crippen molar-refractivity contribution in [3.63, 3.8) is 0 Å². The van der Waals surface area contributed by atoms with Gasteiger partial charge in [-0.1, -0.05) is 48.5 Å². The average Bonchev–Trinajstić information content (AvgIpc) is 3.33. The number of fused-ring (bicyclic) bond motifs is 4. The Bertz CT molecular complexity index is 2150. The number of aliphatic hydroxyl groups excluding tert-OH is 1. The van der Waals surface area contributed by atoms with Gasteiger partial charge in [-0.2, -0.15) is 0 Å². The van der Waals surface area contributed by atoms with E-state index in [9.17, 15) is 33.0 Å². The molecule has 0 saturated heterocycles. The van der Waals surface area contributed by atoms with Crippen molar-refractivity contribution in [3.8, 4) is 17.2 Å². The molecule has 0 saturated carbocycles. The molecular formula is C34H28N2O9S. The van der Waals surface area contributed by atoms with E-state index in [1.165, 1.54) is 32.2 Å². The number of rotatable bonds is 8. The van der Waals surface area contributed by atoms with Gasteiger partial charge in [0.2, 0.25) is 0 Å². The van der Waals surface area contributed by atoms with Gasteiger partial charge in [0.1, 0.15) is 39.6 Å². The van der Waals surface area contributed by atoms with E-state index in [0.29, 0.717) is 22.0 Å². The Balaban J connectivity index is 1.34. The van der Waals surface area contributed by atoms with Crippen molar-refractivity contribution in [1.82, 2.24) is 5.32 Å². The van der Waals surface area contributed by atoms with Crippen LogP contribution in [0.2, 0.25) is 0 Å². The third kappa shape index (κ3) is 4.74. The van der Waals surface area contributed by atoms with E-state index >= 15 is 0 Å². The Morgan fingerprint density at radius 2 is 1.65 bits per heavy atom. The first kappa shape index (κ1) is 30.4. The van der Waals surface area contributed by atoms with Crippen LogP contribution >= 0.6 is 0 Å². The highest BCUT2D eigenvalue weighted by Gasteiger charge is 2.55. The second kappa shape index (κ2) is 11.1. The second-order valence-electron chi connectivity index (χ2n) is 11.0. The number of aliphatic hydroxyl groups is 1. The number of aromatic hydroxyl groups is 1. The first-order chi connectivity index (χ1) is 21.9. The van der Waals surface area contributed by atoms with Gasteiger partial charge >= 0.3 is 0 Å². The number of anilines is 1. The number of hydrogen-bond acceptors (Lipinski definition) is 9. The van der Waals surface area contributed by atoms with Crippen LogP contribution in [-0.4, -0.2) is 43.2 Å². The summed E-state index contributed by atoms with van der Waals surface area (Å²) in [5, 5.41) is 25.5. The Morgan fingerprint density at radius 3 is 2.33 bits per heavy atom. The highest BCUT2D eigenvalue weighted by atomic mass is 32.2. The Labute approximate surface area is 263 Å². The normalized spacial score (nSPS) is 17.1. The number of Topliss-reactive ketones (excluding diaryl/α,β-unsaturated/α-hetero) is 2. The molecule has 2 aliphatic rings. The van der Waals surface area contributed by atoms with E-state index in [1.807, 2.05) is 0 Å².